The fourth-order valence-electron chi connectivity index (χ4n) is 8.88. The second-order valence-electron chi connectivity index (χ2n) is 16.3. The molecule has 22 heteroatoms. The van der Waals surface area contributed by atoms with Gasteiger partial charge in [0.25, 0.3) is 5.91 Å². The predicted octanol–water partition coefficient (Wildman–Crippen LogP) is -1.02. The molecule has 2 saturated heterocycles. The number of hydrogen-bond acceptors (Lipinski definition) is 19. The van der Waals surface area contributed by atoms with Gasteiger partial charge in [0.15, 0.2) is 24.1 Å². The first kappa shape index (κ1) is 47.2. The quantitative estimate of drug-likeness (QED) is 0.0857. The number of phenolic OH excluding ortho intramolecular Hbond substituents is 3. The molecule has 10 unspecified atom stereocenters. The van der Waals surface area contributed by atoms with Crippen molar-refractivity contribution in [1.29, 1.82) is 0 Å². The standard InChI is InChI=1S/C43H49N3O19/c1-13-8-20-27(34(54)24(13)40(58)45-14(2)41(59)60)26-18(11-19-28(35(26)55)31(51)17-9-16(61-5)10-21(47)25(17)30(19)50)32(52)38(20)64-43-37(57)39(65-42-36(56)33(53)22(48)12-62-42)29(15(3)63-43)46(4)23(49)6-7-44/h8-11,14-15,22,29,32-33,36-39,42-43,47-48,52-57H,6-7,12,44H2,1-5H3,(H,45,58)(H,59,60)/t14?,15?,22?,29?,32-,33?,36?,37?,38-,39?,42?,43?/m0/s1. The molecule has 3 aromatic carbocycles. The van der Waals surface area contributed by atoms with Crippen LogP contribution >= 0.6 is 0 Å². The summed E-state index contributed by atoms with van der Waals surface area (Å²) in [6, 6.07) is 1.95. The highest BCUT2D eigenvalue weighted by Gasteiger charge is 2.53. The van der Waals surface area contributed by atoms with E-state index in [-0.39, 0.29) is 41.0 Å². The van der Waals surface area contributed by atoms with Crippen LogP contribution in [-0.2, 0) is 28.5 Å². The van der Waals surface area contributed by atoms with Crippen molar-refractivity contribution < 1.29 is 93.6 Å². The average Bonchev–Trinajstić information content (AvgIpc) is 3.25. The maximum Gasteiger partial charge on any atom is 0.325 e. The molecule has 0 saturated carbocycles. The molecular weight excluding hydrogens is 862 g/mol. The zero-order chi connectivity index (χ0) is 47.7. The molecule has 350 valence electrons. The van der Waals surface area contributed by atoms with Gasteiger partial charge < -0.3 is 85.6 Å². The molecule has 12 N–H and O–H groups in total. The van der Waals surface area contributed by atoms with Gasteiger partial charge in [-0.15, -0.1) is 0 Å². The number of aromatic hydroxyl groups is 3. The summed E-state index contributed by atoms with van der Waals surface area (Å²) in [4.78, 5) is 68.0. The molecule has 0 bridgehead atoms. The third-order valence-electron chi connectivity index (χ3n) is 12.2. The number of rotatable bonds is 11. The van der Waals surface area contributed by atoms with Gasteiger partial charge in [-0.1, -0.05) is 6.07 Å². The summed E-state index contributed by atoms with van der Waals surface area (Å²) in [5, 5.41) is 102. The highest BCUT2D eigenvalue weighted by atomic mass is 16.7. The number of aliphatic carboxylic acids is 1. The molecule has 0 aromatic heterocycles. The van der Waals surface area contributed by atoms with E-state index in [9.17, 15) is 69.9 Å². The van der Waals surface area contributed by atoms with Crippen molar-refractivity contribution in [1.82, 2.24) is 10.2 Å². The van der Waals surface area contributed by atoms with Gasteiger partial charge in [0.05, 0.1) is 42.6 Å². The second kappa shape index (κ2) is 17.9. The first-order valence-electron chi connectivity index (χ1n) is 20.4. The number of carboxylic acids is 1. The Balaban J connectivity index is 1.37. The summed E-state index contributed by atoms with van der Waals surface area (Å²) in [7, 11) is 2.63. The molecule has 2 amide bonds. The zero-order valence-electron chi connectivity index (χ0n) is 35.5. The molecule has 4 aliphatic rings. The Morgan fingerprint density at radius 2 is 1.52 bits per heavy atom. The molecule has 0 radical (unpaired) electrons. The number of hydrogen-bond donors (Lipinski definition) is 11. The number of nitrogens with two attached hydrogens (primary N) is 1. The SMILES string of the molecule is COc1cc(O)c2c(c1)C(=O)c1c(cc3c(c1O)-c1c(cc(C)c(C(=O)NC(C)C(=O)O)c1O)[C@H](OC1OC(C)C(N(C)C(=O)CCN)C(OC4OCC(O)C(O)C4O)C1O)[C@H]3O)C2=O. The molecule has 12 atom stereocenters. The second-order valence-corrected chi connectivity index (χ2v) is 16.3. The van der Waals surface area contributed by atoms with Gasteiger partial charge in [0.2, 0.25) is 5.91 Å². The van der Waals surface area contributed by atoms with E-state index in [0.717, 1.165) is 12.1 Å². The summed E-state index contributed by atoms with van der Waals surface area (Å²) in [5.74, 6) is -7.37. The minimum Gasteiger partial charge on any atom is -0.507 e. The monoisotopic (exact) mass is 911 g/mol. The molecule has 3 aromatic rings. The number of nitrogens with one attached hydrogen (secondary N) is 1. The molecule has 2 heterocycles. The van der Waals surface area contributed by atoms with Crippen LogP contribution < -0.4 is 15.8 Å². The van der Waals surface area contributed by atoms with Gasteiger partial charge in [0.1, 0.15) is 71.8 Å². The summed E-state index contributed by atoms with van der Waals surface area (Å²) in [5.41, 5.74) is 1.89. The molecule has 0 spiro atoms. The Kier molecular flexibility index (Phi) is 13.0. The van der Waals surface area contributed by atoms with Crippen LogP contribution in [0, 0.1) is 6.92 Å². The van der Waals surface area contributed by atoms with Crippen LogP contribution in [0.15, 0.2) is 24.3 Å². The minimum atomic E-state index is -1.97. The van der Waals surface area contributed by atoms with Crippen LogP contribution in [0.25, 0.3) is 11.1 Å². The van der Waals surface area contributed by atoms with Gasteiger partial charge in [-0.05, 0) is 49.6 Å². The molecular formula is C43H49N3O19. The Morgan fingerprint density at radius 3 is 2.17 bits per heavy atom. The normalized spacial score (nSPS) is 28.6. The van der Waals surface area contributed by atoms with Crippen LogP contribution in [0.1, 0.15) is 91.4 Å². The topological polar surface area (TPSA) is 355 Å². The number of carbonyl (C=O) groups excluding carboxylic acids is 4. The number of aliphatic hydroxyl groups is 5. The maximum atomic E-state index is 14.2. The number of ether oxygens (including phenoxy) is 5. The molecule has 22 nitrogen and oxygen atoms in total. The van der Waals surface area contributed by atoms with Gasteiger partial charge in [-0.2, -0.15) is 0 Å². The van der Waals surface area contributed by atoms with E-state index in [4.69, 9.17) is 29.4 Å². The third-order valence-corrected chi connectivity index (χ3v) is 12.2. The summed E-state index contributed by atoms with van der Waals surface area (Å²) < 4.78 is 29.2. The highest BCUT2D eigenvalue weighted by molar-refractivity contribution is 6.31. The fraction of sp³-hybridized carbons (Fsp3) is 0.465. The number of carbonyl (C=O) groups is 5. The zero-order valence-corrected chi connectivity index (χ0v) is 35.5. The lowest BCUT2D eigenvalue weighted by atomic mass is 9.74. The first-order valence-corrected chi connectivity index (χ1v) is 20.4. The number of aliphatic hydroxyl groups excluding tert-OH is 5. The Morgan fingerprint density at radius 1 is 0.877 bits per heavy atom. The lowest BCUT2D eigenvalue weighted by Crippen LogP contribution is -2.66. The van der Waals surface area contributed by atoms with Crippen molar-refractivity contribution in [2.45, 2.75) is 101 Å². The van der Waals surface area contributed by atoms with Gasteiger partial charge in [-0.3, -0.25) is 24.0 Å². The number of aryl methyl sites for hydroxylation is 1. The number of ketones is 2. The highest BCUT2D eigenvalue weighted by Crippen LogP contribution is 2.57. The smallest absolute Gasteiger partial charge is 0.325 e. The van der Waals surface area contributed by atoms with E-state index < -0.39 is 160 Å². The third kappa shape index (κ3) is 7.94. The molecule has 7 rings (SSSR count). The number of fused-ring (bicyclic) bond motifs is 5. The lowest BCUT2D eigenvalue weighted by Gasteiger charge is -2.49. The lowest BCUT2D eigenvalue weighted by molar-refractivity contribution is -0.345. The van der Waals surface area contributed by atoms with Crippen molar-refractivity contribution in [2.24, 2.45) is 5.73 Å². The number of carboxylic acid groups (broad SMARTS) is 1. The van der Waals surface area contributed by atoms with Crippen LogP contribution in [0.2, 0.25) is 0 Å². The number of benzene rings is 3. The van der Waals surface area contributed by atoms with Crippen molar-refractivity contribution in [3.63, 3.8) is 0 Å². The van der Waals surface area contributed by atoms with Gasteiger partial charge in [0, 0.05) is 48.3 Å². The molecule has 2 aliphatic heterocycles. The van der Waals surface area contributed by atoms with Crippen molar-refractivity contribution >= 4 is 29.4 Å². The fourth-order valence-corrected chi connectivity index (χ4v) is 8.88. The van der Waals surface area contributed by atoms with E-state index in [0.29, 0.717) is 0 Å². The number of phenols is 3. The maximum absolute atomic E-state index is 14.2. The minimum absolute atomic E-state index is 0.00328. The van der Waals surface area contributed by atoms with Crippen LogP contribution in [-0.4, -0.2) is 169 Å². The number of methoxy groups -OCH3 is 1. The number of nitrogens with zero attached hydrogens (tertiary/aromatic N) is 1. The van der Waals surface area contributed by atoms with Crippen LogP contribution in [0.5, 0.6) is 23.0 Å². The van der Waals surface area contributed by atoms with Crippen molar-refractivity contribution in [3.05, 3.63) is 68.8 Å². The first-order chi connectivity index (χ1) is 30.6. The number of amides is 2. The van der Waals surface area contributed by atoms with Crippen LogP contribution in [0.4, 0.5) is 0 Å². The Hall–Kier alpha value is -5.79. The summed E-state index contributed by atoms with van der Waals surface area (Å²) in [6.07, 6.45) is -17.1. The van der Waals surface area contributed by atoms with E-state index in [1.807, 2.05) is 0 Å². The average molecular weight is 912 g/mol. The summed E-state index contributed by atoms with van der Waals surface area (Å²) in [6.45, 7) is 3.48. The van der Waals surface area contributed by atoms with Crippen molar-refractivity contribution in [2.75, 3.05) is 27.3 Å². The van der Waals surface area contributed by atoms with Crippen LogP contribution in [0.3, 0.4) is 0 Å². The van der Waals surface area contributed by atoms with E-state index in [2.05, 4.69) is 5.32 Å². The Bertz CT molecular complexity index is 2460. The largest absolute Gasteiger partial charge is 0.507 e. The van der Waals surface area contributed by atoms with E-state index in [1.165, 1.54) is 52.0 Å². The van der Waals surface area contributed by atoms with Gasteiger partial charge in [-0.25, -0.2) is 0 Å². The van der Waals surface area contributed by atoms with Gasteiger partial charge >= 0.3 is 5.97 Å². The molecule has 65 heavy (non-hydrogen) atoms. The van der Waals surface area contributed by atoms with E-state index >= 15 is 0 Å². The Labute approximate surface area is 369 Å². The molecule has 2 aliphatic carbocycles. The number of likely N-dealkylation sites (N-methyl/N-ethyl adjacent to an activating group) is 1. The predicted molar refractivity (Wildman–Crippen MR) is 218 cm³/mol. The van der Waals surface area contributed by atoms with Crippen molar-refractivity contribution in [3.8, 4) is 34.1 Å². The summed E-state index contributed by atoms with van der Waals surface area (Å²) >= 11 is 0. The molecule has 2 fully saturated rings. The van der Waals surface area contributed by atoms with E-state index in [1.54, 1.807) is 0 Å².